The first-order valence-corrected chi connectivity index (χ1v) is 6.13. The maximum atomic E-state index is 9.20. The fourth-order valence-corrected chi connectivity index (χ4v) is 1.80. The van der Waals surface area contributed by atoms with Crippen LogP contribution in [0, 0.1) is 11.3 Å². The standard InChI is InChI=1S/C12H21N5/c1-5-9(4)17-11(14)10(8-13)12(15-17)16(6-2)7-3/h9H,5-7,14H2,1-4H3. The molecule has 1 atom stereocenters. The van der Waals surface area contributed by atoms with Crippen molar-refractivity contribution in [1.29, 1.82) is 5.26 Å². The zero-order valence-corrected chi connectivity index (χ0v) is 11.1. The summed E-state index contributed by atoms with van der Waals surface area (Å²) in [7, 11) is 0. The van der Waals surface area contributed by atoms with Crippen molar-refractivity contribution in [2.75, 3.05) is 23.7 Å². The van der Waals surface area contributed by atoms with Crippen LogP contribution in [0.25, 0.3) is 0 Å². The van der Waals surface area contributed by atoms with Crippen LogP contribution in [0.2, 0.25) is 0 Å². The van der Waals surface area contributed by atoms with Gasteiger partial charge in [0, 0.05) is 13.1 Å². The normalized spacial score (nSPS) is 12.2. The topological polar surface area (TPSA) is 70.9 Å². The van der Waals surface area contributed by atoms with Crippen LogP contribution in [-0.4, -0.2) is 22.9 Å². The molecule has 1 heterocycles. The van der Waals surface area contributed by atoms with E-state index in [-0.39, 0.29) is 6.04 Å². The molecular weight excluding hydrogens is 214 g/mol. The molecule has 1 unspecified atom stereocenters. The molecule has 5 nitrogen and oxygen atoms in total. The minimum absolute atomic E-state index is 0.214. The predicted molar refractivity (Wildman–Crippen MR) is 69.9 cm³/mol. The van der Waals surface area contributed by atoms with Crippen LogP contribution >= 0.6 is 0 Å². The van der Waals surface area contributed by atoms with Gasteiger partial charge < -0.3 is 10.6 Å². The van der Waals surface area contributed by atoms with Crippen molar-refractivity contribution in [2.45, 2.75) is 40.2 Å². The summed E-state index contributed by atoms with van der Waals surface area (Å²) >= 11 is 0. The maximum absolute atomic E-state index is 9.20. The second kappa shape index (κ2) is 5.58. The maximum Gasteiger partial charge on any atom is 0.170 e. The van der Waals surface area contributed by atoms with Crippen molar-refractivity contribution in [3.8, 4) is 6.07 Å². The number of nitrogens with two attached hydrogens (primary N) is 1. The van der Waals surface area contributed by atoms with Gasteiger partial charge in [0.1, 0.15) is 17.5 Å². The van der Waals surface area contributed by atoms with E-state index in [1.54, 1.807) is 4.68 Å². The molecule has 0 aliphatic carbocycles. The van der Waals surface area contributed by atoms with Crippen LogP contribution < -0.4 is 10.6 Å². The molecule has 0 aliphatic heterocycles. The summed E-state index contributed by atoms with van der Waals surface area (Å²) < 4.78 is 1.76. The Labute approximate surface area is 103 Å². The van der Waals surface area contributed by atoms with Gasteiger partial charge in [-0.25, -0.2) is 4.68 Å². The second-order valence-corrected chi connectivity index (χ2v) is 4.07. The van der Waals surface area contributed by atoms with E-state index in [0.29, 0.717) is 17.2 Å². The molecule has 0 radical (unpaired) electrons. The molecule has 0 saturated heterocycles. The van der Waals surface area contributed by atoms with Crippen molar-refractivity contribution >= 4 is 11.6 Å². The average molecular weight is 235 g/mol. The Kier molecular flexibility index (Phi) is 4.38. The van der Waals surface area contributed by atoms with E-state index in [0.717, 1.165) is 19.5 Å². The summed E-state index contributed by atoms with van der Waals surface area (Å²) in [5.41, 5.74) is 6.48. The minimum Gasteiger partial charge on any atom is -0.383 e. The Morgan fingerprint density at radius 2 is 2.00 bits per heavy atom. The summed E-state index contributed by atoms with van der Waals surface area (Å²) in [5.74, 6) is 1.18. The summed E-state index contributed by atoms with van der Waals surface area (Å²) in [6, 6.07) is 2.38. The first-order valence-electron chi connectivity index (χ1n) is 6.13. The third kappa shape index (κ3) is 2.36. The summed E-state index contributed by atoms with van der Waals surface area (Å²) in [6.45, 7) is 9.86. The van der Waals surface area contributed by atoms with Crippen LogP contribution in [0.15, 0.2) is 0 Å². The first kappa shape index (κ1) is 13.4. The molecule has 2 N–H and O–H groups in total. The molecule has 17 heavy (non-hydrogen) atoms. The number of nitrogen functional groups attached to an aromatic ring is 1. The molecule has 0 fully saturated rings. The highest BCUT2D eigenvalue weighted by Gasteiger charge is 2.20. The van der Waals surface area contributed by atoms with E-state index < -0.39 is 0 Å². The highest BCUT2D eigenvalue weighted by molar-refractivity contribution is 5.65. The number of hydrogen-bond donors (Lipinski definition) is 1. The van der Waals surface area contributed by atoms with Gasteiger partial charge in [-0.15, -0.1) is 0 Å². The lowest BCUT2D eigenvalue weighted by Gasteiger charge is -2.18. The molecule has 1 aromatic rings. The van der Waals surface area contributed by atoms with E-state index in [9.17, 15) is 5.26 Å². The molecule has 0 aliphatic rings. The number of hydrogen-bond acceptors (Lipinski definition) is 4. The zero-order valence-electron chi connectivity index (χ0n) is 11.1. The lowest BCUT2D eigenvalue weighted by atomic mass is 10.2. The van der Waals surface area contributed by atoms with Gasteiger partial charge in [-0.2, -0.15) is 10.4 Å². The molecule has 0 amide bonds. The Balaban J connectivity index is 3.28. The number of aromatic nitrogens is 2. The molecule has 1 rings (SSSR count). The molecule has 0 spiro atoms. The Hall–Kier alpha value is -1.70. The Morgan fingerprint density at radius 1 is 1.41 bits per heavy atom. The number of anilines is 2. The Morgan fingerprint density at radius 3 is 2.41 bits per heavy atom. The van der Waals surface area contributed by atoms with Crippen LogP contribution in [0.4, 0.5) is 11.6 Å². The molecule has 1 aromatic heterocycles. The molecule has 0 bridgehead atoms. The number of rotatable bonds is 5. The van der Waals surface area contributed by atoms with Gasteiger partial charge in [-0.3, -0.25) is 0 Å². The SMILES string of the molecule is CCC(C)n1nc(N(CC)CC)c(C#N)c1N. The number of nitriles is 1. The fourth-order valence-electron chi connectivity index (χ4n) is 1.80. The molecule has 5 heteroatoms. The van der Waals surface area contributed by atoms with Gasteiger partial charge in [-0.05, 0) is 27.2 Å². The summed E-state index contributed by atoms with van der Waals surface area (Å²) in [5, 5.41) is 13.7. The average Bonchev–Trinajstić information content (AvgIpc) is 2.67. The van der Waals surface area contributed by atoms with Crippen LogP contribution in [-0.2, 0) is 0 Å². The zero-order chi connectivity index (χ0) is 13.0. The summed E-state index contributed by atoms with van der Waals surface area (Å²) in [4.78, 5) is 2.05. The van der Waals surface area contributed by atoms with Gasteiger partial charge in [0.15, 0.2) is 5.82 Å². The third-order valence-electron chi connectivity index (χ3n) is 3.11. The molecule has 0 saturated carbocycles. The molecule has 0 aromatic carbocycles. The minimum atomic E-state index is 0.214. The van der Waals surface area contributed by atoms with E-state index in [1.807, 2.05) is 18.7 Å². The first-order chi connectivity index (χ1) is 8.10. The van der Waals surface area contributed by atoms with Gasteiger partial charge in [0.05, 0.1) is 6.04 Å². The molecule has 94 valence electrons. The van der Waals surface area contributed by atoms with Gasteiger partial charge in [0.2, 0.25) is 0 Å². The van der Waals surface area contributed by atoms with E-state index >= 15 is 0 Å². The highest BCUT2D eigenvalue weighted by atomic mass is 15.4. The lowest BCUT2D eigenvalue weighted by Crippen LogP contribution is -2.23. The van der Waals surface area contributed by atoms with Crippen molar-refractivity contribution in [2.24, 2.45) is 0 Å². The van der Waals surface area contributed by atoms with Crippen LogP contribution in [0.3, 0.4) is 0 Å². The fraction of sp³-hybridized carbons (Fsp3) is 0.667. The molecular formula is C12H21N5. The van der Waals surface area contributed by atoms with Crippen molar-refractivity contribution in [1.82, 2.24) is 9.78 Å². The highest BCUT2D eigenvalue weighted by Crippen LogP contribution is 2.27. The monoisotopic (exact) mass is 235 g/mol. The Bertz CT molecular complexity index is 411. The predicted octanol–water partition coefficient (Wildman–Crippen LogP) is 2.15. The van der Waals surface area contributed by atoms with Gasteiger partial charge in [0.25, 0.3) is 0 Å². The number of nitrogens with zero attached hydrogens (tertiary/aromatic N) is 4. The van der Waals surface area contributed by atoms with Gasteiger partial charge in [-0.1, -0.05) is 6.92 Å². The van der Waals surface area contributed by atoms with E-state index in [2.05, 4.69) is 25.0 Å². The quantitative estimate of drug-likeness (QED) is 0.849. The van der Waals surface area contributed by atoms with Crippen LogP contribution in [0.5, 0.6) is 0 Å². The smallest absolute Gasteiger partial charge is 0.170 e. The van der Waals surface area contributed by atoms with Crippen molar-refractivity contribution in [3.63, 3.8) is 0 Å². The van der Waals surface area contributed by atoms with E-state index in [4.69, 9.17) is 5.73 Å². The largest absolute Gasteiger partial charge is 0.383 e. The van der Waals surface area contributed by atoms with Gasteiger partial charge >= 0.3 is 0 Å². The lowest BCUT2D eigenvalue weighted by molar-refractivity contribution is 0.484. The van der Waals surface area contributed by atoms with Crippen molar-refractivity contribution in [3.05, 3.63) is 5.56 Å². The third-order valence-corrected chi connectivity index (χ3v) is 3.11. The summed E-state index contributed by atoms with van der Waals surface area (Å²) in [6.07, 6.45) is 0.939. The van der Waals surface area contributed by atoms with E-state index in [1.165, 1.54) is 0 Å². The van der Waals surface area contributed by atoms with Crippen molar-refractivity contribution < 1.29 is 0 Å². The van der Waals surface area contributed by atoms with Crippen LogP contribution in [0.1, 0.15) is 45.7 Å². The second-order valence-electron chi connectivity index (χ2n) is 4.07.